The average Bonchev–Trinajstić information content (AvgIpc) is 4.23. The molecule has 6 heterocycles. The molecule has 2 saturated heterocycles. The summed E-state index contributed by atoms with van der Waals surface area (Å²) in [5.41, 5.74) is 4.25. The highest BCUT2D eigenvalue weighted by Crippen LogP contribution is 2.33. The van der Waals surface area contributed by atoms with Gasteiger partial charge in [0, 0.05) is 41.5 Å². The average molecular weight is 1010 g/mol. The molecule has 0 unspecified atom stereocenters. The maximum absolute atomic E-state index is 13.2. The minimum atomic E-state index is -3.62. The van der Waals surface area contributed by atoms with Crippen LogP contribution in [0.15, 0.2) is 130 Å². The van der Waals surface area contributed by atoms with Crippen LogP contribution in [0.4, 0.5) is 0 Å². The van der Waals surface area contributed by atoms with Crippen molar-refractivity contribution in [2.45, 2.75) is 59.3 Å². The molecule has 10 rings (SSSR count). The number of nitrogens with one attached hydrogen (secondary N) is 2. The Morgan fingerprint density at radius 1 is 0.623 bits per heavy atom. The second-order valence-electron chi connectivity index (χ2n) is 16.4. The number of hydrogen-bond donors (Lipinski definition) is 3. The maximum Gasteiger partial charge on any atom is 0.255 e. The quantitative estimate of drug-likeness (QED) is 0.111. The summed E-state index contributed by atoms with van der Waals surface area (Å²) in [5.74, 6) is -0.164. The van der Waals surface area contributed by atoms with Crippen LogP contribution in [0.25, 0.3) is 22.1 Å². The van der Waals surface area contributed by atoms with E-state index in [9.17, 15) is 31.5 Å². The molecule has 2 fully saturated rings. The Hall–Kier alpha value is -6.56. The Labute approximate surface area is 406 Å². The first kappa shape index (κ1) is 47.5. The normalized spacial score (nSPS) is 15.4. The van der Waals surface area contributed by atoms with E-state index in [0.717, 1.165) is 38.3 Å². The summed E-state index contributed by atoms with van der Waals surface area (Å²) in [6, 6.07) is 35.6. The molecule has 4 aromatic carbocycles. The summed E-state index contributed by atoms with van der Waals surface area (Å²) < 4.78 is 65.4. The molecule has 0 spiro atoms. The molecule has 69 heavy (non-hydrogen) atoms. The molecule has 0 radical (unpaired) electrons. The Morgan fingerprint density at radius 3 is 1.61 bits per heavy atom. The smallest absolute Gasteiger partial charge is 0.255 e. The van der Waals surface area contributed by atoms with E-state index in [1.165, 1.54) is 32.1 Å². The van der Waals surface area contributed by atoms with Gasteiger partial charge in [0.05, 0.1) is 48.9 Å². The Balaban J connectivity index is 0.000000172. The van der Waals surface area contributed by atoms with Crippen molar-refractivity contribution in [3.8, 4) is 11.5 Å². The molecule has 358 valence electrons. The van der Waals surface area contributed by atoms with Crippen LogP contribution in [0.2, 0.25) is 0 Å². The number of phenols is 1. The monoisotopic (exact) mass is 1010 g/mol. The van der Waals surface area contributed by atoms with Gasteiger partial charge in [0.15, 0.2) is 0 Å². The number of piperidine rings is 2. The Bertz CT molecular complexity index is 3340. The van der Waals surface area contributed by atoms with Gasteiger partial charge in [-0.1, -0.05) is 52.9 Å². The largest absolute Gasteiger partial charge is 0.507 e. The number of nitrogens with zero attached hydrogens (tertiary/aromatic N) is 8. The van der Waals surface area contributed by atoms with Crippen LogP contribution >= 0.6 is 22.7 Å². The molecule has 22 heteroatoms. The molecule has 8 aromatic rings. The lowest BCUT2D eigenvalue weighted by Gasteiger charge is -2.30. The molecule has 3 N–H and O–H groups in total. The minimum Gasteiger partial charge on any atom is -0.507 e. The van der Waals surface area contributed by atoms with E-state index >= 15 is 0 Å². The zero-order chi connectivity index (χ0) is 48.1. The predicted octanol–water partition coefficient (Wildman–Crippen LogP) is 6.61. The van der Waals surface area contributed by atoms with Gasteiger partial charge >= 0.3 is 0 Å². The summed E-state index contributed by atoms with van der Waals surface area (Å²) in [7, 11) is -5.67. The maximum atomic E-state index is 13.2. The van der Waals surface area contributed by atoms with Crippen LogP contribution in [0.3, 0.4) is 0 Å². The number of rotatable bonds is 13. The molecular weight excluding hydrogens is 961 g/mol. The molecule has 0 saturated carbocycles. The number of ether oxygens (including phenoxy) is 1. The van der Waals surface area contributed by atoms with Crippen molar-refractivity contribution in [2.24, 2.45) is 0 Å². The fourth-order valence-corrected chi connectivity index (χ4v) is 14.2. The number of carbonyl (C=O) groups excluding carboxylic acids is 2. The third kappa shape index (κ3) is 10.4. The van der Waals surface area contributed by atoms with Crippen molar-refractivity contribution in [1.82, 2.24) is 49.2 Å². The van der Waals surface area contributed by atoms with Gasteiger partial charge in [-0.15, -0.1) is 32.9 Å². The minimum absolute atomic E-state index is 0.0994. The van der Waals surface area contributed by atoms with Crippen molar-refractivity contribution < 1.29 is 36.3 Å². The predicted molar refractivity (Wildman–Crippen MR) is 261 cm³/mol. The number of sulfonamides is 2. The highest BCUT2D eigenvalue weighted by Gasteiger charge is 2.33. The summed E-state index contributed by atoms with van der Waals surface area (Å²) in [5, 5.41) is 32.4. The van der Waals surface area contributed by atoms with Crippen LogP contribution in [-0.2, 0) is 33.1 Å². The standard InChI is InChI=1S/C24H25N5O4S2.C23H23N5O4S2/c1-33-19-6-4-5-17(15-19)24(30)25-16-20-9-10-23(34-20)35(31,32)28-13-11-18(12-14-28)29-22-8-3-2-7-21(22)26-27-29;29-21-8-4-1-5-18(21)23(30)24-15-17-9-10-22(33-17)34(31,32)27-13-11-16(12-14-27)28-20-7-3-2-6-19(20)25-26-28/h2-10,15,18H,11-14,16H2,1H3,(H,25,30);1-10,16,29H,11-15H2,(H,24,30). The third-order valence-electron chi connectivity index (χ3n) is 12.1. The van der Waals surface area contributed by atoms with Gasteiger partial charge in [-0.05, 0) is 105 Å². The van der Waals surface area contributed by atoms with Crippen LogP contribution in [-0.4, -0.2) is 106 Å². The highest BCUT2D eigenvalue weighted by molar-refractivity contribution is 7.91. The van der Waals surface area contributed by atoms with Gasteiger partial charge in [-0.3, -0.25) is 9.59 Å². The van der Waals surface area contributed by atoms with Crippen molar-refractivity contribution >= 4 is 76.6 Å². The SMILES string of the molecule is COc1cccc(C(=O)NCc2ccc(S(=O)(=O)N3CCC(n4nnc5ccccc54)CC3)s2)c1.O=C(NCc1ccc(S(=O)(=O)N2CCC(n3nnc4ccccc43)CC2)s1)c1ccccc1O. The fraction of sp³-hybridized carbons (Fsp3) is 0.277. The zero-order valence-electron chi connectivity index (χ0n) is 37.3. The van der Waals surface area contributed by atoms with Crippen molar-refractivity contribution in [2.75, 3.05) is 33.3 Å². The van der Waals surface area contributed by atoms with E-state index in [2.05, 4.69) is 31.3 Å². The summed E-state index contributed by atoms with van der Waals surface area (Å²) in [6.45, 7) is 2.06. The summed E-state index contributed by atoms with van der Waals surface area (Å²) in [4.78, 5) is 26.2. The summed E-state index contributed by atoms with van der Waals surface area (Å²) >= 11 is 2.32. The van der Waals surface area contributed by atoms with Crippen LogP contribution in [0, 0.1) is 0 Å². The number of phenolic OH excluding ortho intramolecular Hbond substituents is 1. The Morgan fingerprint density at radius 2 is 1.10 bits per heavy atom. The van der Waals surface area contributed by atoms with E-state index in [0.29, 0.717) is 68.1 Å². The van der Waals surface area contributed by atoms with Gasteiger partial charge < -0.3 is 20.5 Å². The van der Waals surface area contributed by atoms with E-state index in [1.54, 1.807) is 67.8 Å². The van der Waals surface area contributed by atoms with Crippen LogP contribution < -0.4 is 15.4 Å². The Kier molecular flexibility index (Phi) is 14.2. The lowest BCUT2D eigenvalue weighted by Crippen LogP contribution is -2.38. The molecule has 2 aliphatic rings. The number of hydrogen-bond acceptors (Lipinski definition) is 14. The van der Waals surface area contributed by atoms with Crippen LogP contribution in [0.5, 0.6) is 11.5 Å². The van der Waals surface area contributed by atoms with E-state index in [1.807, 2.05) is 57.9 Å². The molecule has 2 aliphatic heterocycles. The second kappa shape index (κ2) is 20.6. The topological polar surface area (TPSA) is 224 Å². The van der Waals surface area contributed by atoms with E-state index in [4.69, 9.17) is 4.74 Å². The summed E-state index contributed by atoms with van der Waals surface area (Å²) in [6.07, 6.45) is 2.64. The lowest BCUT2D eigenvalue weighted by molar-refractivity contribution is 0.0941. The van der Waals surface area contributed by atoms with E-state index in [-0.39, 0.29) is 50.8 Å². The molecule has 0 bridgehead atoms. The number of para-hydroxylation sites is 3. The highest BCUT2D eigenvalue weighted by atomic mass is 32.3. The third-order valence-corrected chi connectivity index (χ3v) is 19.0. The van der Waals surface area contributed by atoms with Gasteiger partial charge in [0.1, 0.15) is 31.0 Å². The number of methoxy groups -OCH3 is 1. The number of carbonyl (C=O) groups is 2. The number of amides is 2. The van der Waals surface area contributed by atoms with Gasteiger partial charge in [0.2, 0.25) is 0 Å². The van der Waals surface area contributed by atoms with E-state index < -0.39 is 26.0 Å². The molecular formula is C47H48N10O8S4. The van der Waals surface area contributed by atoms with Crippen molar-refractivity contribution in [3.63, 3.8) is 0 Å². The molecule has 4 aromatic heterocycles. The van der Waals surface area contributed by atoms with Crippen LogP contribution in [0.1, 0.15) is 68.2 Å². The van der Waals surface area contributed by atoms with Gasteiger partial charge in [0.25, 0.3) is 31.9 Å². The first-order valence-electron chi connectivity index (χ1n) is 22.1. The number of aromatic hydroxyl groups is 1. The molecule has 0 aliphatic carbocycles. The first-order chi connectivity index (χ1) is 33.4. The van der Waals surface area contributed by atoms with Gasteiger partial charge in [-0.25, -0.2) is 26.2 Å². The number of thiophene rings is 2. The van der Waals surface area contributed by atoms with Crippen molar-refractivity contribution in [3.05, 3.63) is 142 Å². The number of benzene rings is 4. The molecule has 18 nitrogen and oxygen atoms in total. The zero-order valence-corrected chi connectivity index (χ0v) is 40.6. The number of fused-ring (bicyclic) bond motifs is 2. The first-order valence-corrected chi connectivity index (χ1v) is 26.7. The fourth-order valence-electron chi connectivity index (χ4n) is 8.37. The lowest BCUT2D eigenvalue weighted by atomic mass is 10.1. The molecule has 0 atom stereocenters. The molecule has 2 amide bonds. The van der Waals surface area contributed by atoms with Crippen molar-refractivity contribution in [1.29, 1.82) is 0 Å². The second-order valence-corrected chi connectivity index (χ2v) is 23.0. The van der Waals surface area contributed by atoms with Gasteiger partial charge in [-0.2, -0.15) is 8.61 Å². The number of aromatic nitrogens is 6.